The van der Waals surface area contributed by atoms with Crippen molar-refractivity contribution in [2.45, 2.75) is 19.9 Å². The largest absolute Gasteiger partial charge is 0.480 e. The third-order valence-corrected chi connectivity index (χ3v) is 3.56. The number of carbonyl (C=O) groups is 2. The number of carboxylic acid groups (broad SMARTS) is 1. The van der Waals surface area contributed by atoms with Crippen LogP contribution in [0.15, 0.2) is 23.7 Å². The van der Waals surface area contributed by atoms with E-state index in [2.05, 4.69) is 10.3 Å². The number of fused-ring (bicyclic) bond motifs is 1. The molecule has 0 unspecified atom stereocenters. The van der Waals surface area contributed by atoms with Crippen LogP contribution in [0.2, 0.25) is 0 Å². The number of benzene rings is 1. The van der Waals surface area contributed by atoms with Crippen LogP contribution in [0.25, 0.3) is 10.2 Å². The highest BCUT2D eigenvalue weighted by molar-refractivity contribution is 7.16. The Kier molecular flexibility index (Phi) is 4.19. The highest BCUT2D eigenvalue weighted by Gasteiger charge is 2.19. The fourth-order valence-corrected chi connectivity index (χ4v) is 2.48. The predicted octanol–water partition coefficient (Wildman–Crippen LogP) is 2.62. The van der Waals surface area contributed by atoms with Crippen molar-refractivity contribution in [3.05, 3.63) is 23.7 Å². The lowest BCUT2D eigenvalue weighted by Gasteiger charge is -2.25. The van der Waals surface area contributed by atoms with Gasteiger partial charge in [0.15, 0.2) is 0 Å². The lowest BCUT2D eigenvalue weighted by Crippen LogP contribution is -2.43. The van der Waals surface area contributed by atoms with Gasteiger partial charge in [-0.2, -0.15) is 0 Å². The number of amides is 2. The average Bonchev–Trinajstić information content (AvgIpc) is 2.82. The summed E-state index contributed by atoms with van der Waals surface area (Å²) in [5.41, 5.74) is 3.24. The molecular formula is C13H15N3O3S. The summed E-state index contributed by atoms with van der Waals surface area (Å²) in [5, 5.41) is 11.5. The van der Waals surface area contributed by atoms with E-state index in [-0.39, 0.29) is 12.6 Å². The number of nitrogens with one attached hydrogen (secondary N) is 1. The van der Waals surface area contributed by atoms with Crippen LogP contribution in [0.4, 0.5) is 10.5 Å². The molecule has 0 spiro atoms. The molecule has 2 N–H and O–H groups in total. The second-order valence-corrected chi connectivity index (χ2v) is 5.47. The first kappa shape index (κ1) is 14.3. The van der Waals surface area contributed by atoms with Gasteiger partial charge in [-0.25, -0.2) is 9.78 Å². The second kappa shape index (κ2) is 5.87. The second-order valence-electron chi connectivity index (χ2n) is 4.58. The molecule has 0 aliphatic carbocycles. The molecule has 0 atom stereocenters. The Hall–Kier alpha value is -2.15. The van der Waals surface area contributed by atoms with Gasteiger partial charge in [0.2, 0.25) is 0 Å². The maximum atomic E-state index is 12.1. The fourth-order valence-electron chi connectivity index (χ4n) is 1.76. The molecule has 0 radical (unpaired) electrons. The van der Waals surface area contributed by atoms with Crippen molar-refractivity contribution < 1.29 is 14.7 Å². The Balaban J connectivity index is 2.14. The third-order valence-electron chi connectivity index (χ3n) is 2.77. The standard InChI is InChI=1S/C13H15N3O3S/c1-8(2)16(6-12(17)18)13(19)15-9-3-4-10-11(5-9)20-7-14-10/h3-5,7-8H,6H2,1-2H3,(H,15,19)(H,17,18). The van der Waals surface area contributed by atoms with Gasteiger partial charge in [0.1, 0.15) is 6.54 Å². The fraction of sp³-hybridized carbons (Fsp3) is 0.308. The molecule has 20 heavy (non-hydrogen) atoms. The molecule has 2 amide bonds. The zero-order chi connectivity index (χ0) is 14.7. The van der Waals surface area contributed by atoms with Crippen LogP contribution < -0.4 is 5.32 Å². The number of urea groups is 1. The smallest absolute Gasteiger partial charge is 0.323 e. The van der Waals surface area contributed by atoms with Crippen molar-refractivity contribution in [2.24, 2.45) is 0 Å². The lowest BCUT2D eigenvalue weighted by atomic mass is 10.3. The number of carbonyl (C=O) groups excluding carboxylic acids is 1. The molecule has 0 fully saturated rings. The lowest BCUT2D eigenvalue weighted by molar-refractivity contribution is -0.137. The zero-order valence-electron chi connectivity index (χ0n) is 11.2. The van der Waals surface area contributed by atoms with Crippen molar-refractivity contribution in [3.8, 4) is 0 Å². The Morgan fingerprint density at radius 1 is 1.45 bits per heavy atom. The van der Waals surface area contributed by atoms with Crippen LogP contribution in [0.5, 0.6) is 0 Å². The summed E-state index contributed by atoms with van der Waals surface area (Å²) in [6, 6.07) is 4.77. The minimum Gasteiger partial charge on any atom is -0.480 e. The van der Waals surface area contributed by atoms with Crippen molar-refractivity contribution in [2.75, 3.05) is 11.9 Å². The monoisotopic (exact) mass is 293 g/mol. The summed E-state index contributed by atoms with van der Waals surface area (Å²) in [5.74, 6) is -1.04. The van der Waals surface area contributed by atoms with Gasteiger partial charge in [0, 0.05) is 11.7 Å². The van der Waals surface area contributed by atoms with E-state index in [9.17, 15) is 9.59 Å². The van der Waals surface area contributed by atoms with Crippen LogP contribution in [-0.4, -0.2) is 39.6 Å². The van der Waals surface area contributed by atoms with E-state index in [1.807, 2.05) is 12.1 Å². The van der Waals surface area contributed by atoms with Gasteiger partial charge in [-0.1, -0.05) is 0 Å². The Morgan fingerprint density at radius 3 is 2.85 bits per heavy atom. The van der Waals surface area contributed by atoms with Crippen LogP contribution in [0.3, 0.4) is 0 Å². The number of aromatic nitrogens is 1. The molecule has 1 aromatic carbocycles. The Bertz CT molecular complexity index is 639. The quantitative estimate of drug-likeness (QED) is 0.907. The molecule has 1 heterocycles. The van der Waals surface area contributed by atoms with Crippen LogP contribution >= 0.6 is 11.3 Å². The van der Waals surface area contributed by atoms with Gasteiger partial charge in [-0.15, -0.1) is 11.3 Å². The predicted molar refractivity (Wildman–Crippen MR) is 78.1 cm³/mol. The zero-order valence-corrected chi connectivity index (χ0v) is 12.0. The van der Waals surface area contributed by atoms with Gasteiger partial charge in [-0.05, 0) is 32.0 Å². The van der Waals surface area contributed by atoms with Crippen molar-refractivity contribution in [1.82, 2.24) is 9.88 Å². The van der Waals surface area contributed by atoms with Crippen molar-refractivity contribution in [1.29, 1.82) is 0 Å². The van der Waals surface area contributed by atoms with Crippen molar-refractivity contribution in [3.63, 3.8) is 0 Å². The summed E-state index contributed by atoms with van der Waals surface area (Å²) in [6.45, 7) is 3.22. The first-order chi connectivity index (χ1) is 9.47. The highest BCUT2D eigenvalue weighted by atomic mass is 32.1. The number of hydrogen-bond donors (Lipinski definition) is 2. The van der Waals surface area contributed by atoms with Crippen LogP contribution in [-0.2, 0) is 4.79 Å². The summed E-state index contributed by atoms with van der Waals surface area (Å²) in [6.07, 6.45) is 0. The van der Waals surface area contributed by atoms with Gasteiger partial charge in [-0.3, -0.25) is 4.79 Å². The first-order valence-corrected chi connectivity index (χ1v) is 6.98. The van der Waals surface area contributed by atoms with E-state index in [4.69, 9.17) is 5.11 Å². The number of anilines is 1. The number of rotatable bonds is 4. The molecule has 106 valence electrons. The van der Waals surface area contributed by atoms with Crippen LogP contribution in [0.1, 0.15) is 13.8 Å². The van der Waals surface area contributed by atoms with E-state index in [0.717, 1.165) is 10.2 Å². The number of hydrogen-bond acceptors (Lipinski definition) is 4. The Labute approximate surface area is 120 Å². The maximum absolute atomic E-state index is 12.1. The summed E-state index contributed by atoms with van der Waals surface area (Å²) >= 11 is 1.48. The van der Waals surface area contributed by atoms with E-state index in [1.54, 1.807) is 25.4 Å². The van der Waals surface area contributed by atoms with Gasteiger partial charge >= 0.3 is 12.0 Å². The van der Waals surface area contributed by atoms with Crippen LogP contribution in [0, 0.1) is 0 Å². The SMILES string of the molecule is CC(C)N(CC(=O)O)C(=O)Nc1ccc2ncsc2c1. The molecule has 6 nitrogen and oxygen atoms in total. The molecular weight excluding hydrogens is 278 g/mol. The molecule has 0 aliphatic heterocycles. The average molecular weight is 293 g/mol. The highest BCUT2D eigenvalue weighted by Crippen LogP contribution is 2.22. The maximum Gasteiger partial charge on any atom is 0.323 e. The molecule has 2 aromatic rings. The Morgan fingerprint density at radius 2 is 2.20 bits per heavy atom. The minimum atomic E-state index is -1.04. The first-order valence-electron chi connectivity index (χ1n) is 6.10. The topological polar surface area (TPSA) is 82.5 Å². The number of thiazole rings is 1. The van der Waals surface area contributed by atoms with Gasteiger partial charge in [0.25, 0.3) is 0 Å². The molecule has 7 heteroatoms. The summed E-state index contributed by atoms with van der Waals surface area (Å²) in [4.78, 5) is 28.3. The molecule has 0 aliphatic rings. The van der Waals surface area contributed by atoms with E-state index >= 15 is 0 Å². The third kappa shape index (κ3) is 3.24. The summed E-state index contributed by atoms with van der Waals surface area (Å²) in [7, 11) is 0. The molecule has 0 saturated heterocycles. The molecule has 2 rings (SSSR count). The molecule has 0 saturated carbocycles. The normalized spacial score (nSPS) is 10.8. The minimum absolute atomic E-state index is 0.196. The van der Waals surface area contributed by atoms with Gasteiger partial charge < -0.3 is 15.3 Å². The van der Waals surface area contributed by atoms with Gasteiger partial charge in [0.05, 0.1) is 15.7 Å². The number of carboxylic acids is 1. The van der Waals surface area contributed by atoms with E-state index < -0.39 is 12.0 Å². The summed E-state index contributed by atoms with van der Waals surface area (Å²) < 4.78 is 0.970. The van der Waals surface area contributed by atoms with Crippen molar-refractivity contribution >= 4 is 39.2 Å². The molecule has 0 bridgehead atoms. The van der Waals surface area contributed by atoms with E-state index in [0.29, 0.717) is 5.69 Å². The van der Waals surface area contributed by atoms with E-state index in [1.165, 1.54) is 16.2 Å². The number of aliphatic carboxylic acids is 1. The molecule has 1 aromatic heterocycles. The number of nitrogens with zero attached hydrogens (tertiary/aromatic N) is 2.